The van der Waals surface area contributed by atoms with Crippen LogP contribution in [0.3, 0.4) is 0 Å². The number of hydrogen-bond acceptors (Lipinski definition) is 4. The van der Waals surface area contributed by atoms with E-state index in [0.29, 0.717) is 25.2 Å². The minimum atomic E-state index is 0.158. The van der Waals surface area contributed by atoms with Gasteiger partial charge in [0.25, 0.3) is 0 Å². The van der Waals surface area contributed by atoms with E-state index in [1.807, 2.05) is 11.4 Å². The van der Waals surface area contributed by atoms with Gasteiger partial charge >= 0.3 is 0 Å². The van der Waals surface area contributed by atoms with E-state index < -0.39 is 0 Å². The predicted octanol–water partition coefficient (Wildman–Crippen LogP) is 1.97. The zero-order valence-electron chi connectivity index (χ0n) is 12.5. The van der Waals surface area contributed by atoms with Gasteiger partial charge in [0.2, 0.25) is 5.91 Å². The molecular weight excluding hydrogens is 282 g/mol. The predicted molar refractivity (Wildman–Crippen MR) is 86.4 cm³/mol. The third-order valence-electron chi connectivity index (χ3n) is 4.32. The molecule has 2 fully saturated rings. The highest BCUT2D eigenvalue weighted by molar-refractivity contribution is 7.09. The highest BCUT2D eigenvalue weighted by atomic mass is 32.1. The fourth-order valence-corrected chi connectivity index (χ4v) is 3.63. The van der Waals surface area contributed by atoms with E-state index >= 15 is 0 Å². The van der Waals surface area contributed by atoms with E-state index in [4.69, 9.17) is 0 Å². The molecule has 0 bridgehead atoms. The molecule has 1 aliphatic heterocycles. The summed E-state index contributed by atoms with van der Waals surface area (Å²) < 4.78 is 0. The Labute approximate surface area is 130 Å². The number of amides is 1. The van der Waals surface area contributed by atoms with Crippen molar-refractivity contribution in [3.8, 4) is 0 Å². The Kier molecular flexibility index (Phi) is 5.27. The van der Waals surface area contributed by atoms with Crippen LogP contribution in [0.15, 0.2) is 17.5 Å². The Hall–Kier alpha value is -0.910. The third-order valence-corrected chi connectivity index (χ3v) is 5.19. The van der Waals surface area contributed by atoms with Crippen molar-refractivity contribution in [2.45, 2.75) is 50.7 Å². The minimum absolute atomic E-state index is 0.158. The number of nitrogens with zero attached hydrogens (tertiary/aromatic N) is 1. The molecule has 2 aliphatic rings. The van der Waals surface area contributed by atoms with E-state index in [-0.39, 0.29) is 5.91 Å². The first-order valence-electron chi connectivity index (χ1n) is 8.08. The van der Waals surface area contributed by atoms with Crippen LogP contribution in [-0.2, 0) is 11.3 Å². The fourth-order valence-electron chi connectivity index (χ4n) is 2.98. The summed E-state index contributed by atoms with van der Waals surface area (Å²) in [5.74, 6) is 0.158. The maximum Gasteiger partial charge on any atom is 0.234 e. The summed E-state index contributed by atoms with van der Waals surface area (Å²) in [5, 5.41) is 8.68. The van der Waals surface area contributed by atoms with Crippen LogP contribution >= 0.6 is 11.3 Å². The molecule has 3 rings (SSSR count). The second-order valence-electron chi connectivity index (χ2n) is 6.16. The van der Waals surface area contributed by atoms with Crippen molar-refractivity contribution in [2.75, 3.05) is 19.6 Å². The maximum absolute atomic E-state index is 12.2. The Morgan fingerprint density at radius 1 is 1.38 bits per heavy atom. The second kappa shape index (κ2) is 7.38. The number of hydrogen-bond donors (Lipinski definition) is 2. The summed E-state index contributed by atoms with van der Waals surface area (Å²) in [6.45, 7) is 3.37. The van der Waals surface area contributed by atoms with Crippen LogP contribution in [0.2, 0.25) is 0 Å². The molecule has 1 aromatic heterocycles. The Morgan fingerprint density at radius 3 is 2.95 bits per heavy atom. The Morgan fingerprint density at radius 2 is 2.29 bits per heavy atom. The quantitative estimate of drug-likeness (QED) is 0.809. The Bertz CT molecular complexity index is 438. The normalized spacial score (nSPS) is 22.4. The van der Waals surface area contributed by atoms with E-state index in [1.165, 1.54) is 37.0 Å². The van der Waals surface area contributed by atoms with Gasteiger partial charge in [0.15, 0.2) is 0 Å². The highest BCUT2D eigenvalue weighted by Crippen LogP contribution is 2.27. The lowest BCUT2D eigenvalue weighted by Crippen LogP contribution is -2.47. The smallest absolute Gasteiger partial charge is 0.234 e. The molecule has 1 unspecified atom stereocenters. The van der Waals surface area contributed by atoms with Gasteiger partial charge in [0.05, 0.1) is 13.1 Å². The lowest BCUT2D eigenvalue weighted by atomic mass is 10.0. The summed E-state index contributed by atoms with van der Waals surface area (Å²) in [7, 11) is 0. The molecule has 5 heteroatoms. The first-order valence-corrected chi connectivity index (χ1v) is 8.96. The zero-order chi connectivity index (χ0) is 14.5. The molecule has 21 heavy (non-hydrogen) atoms. The first-order chi connectivity index (χ1) is 10.3. The fraction of sp³-hybridized carbons (Fsp3) is 0.688. The van der Waals surface area contributed by atoms with Gasteiger partial charge in [-0.2, -0.15) is 0 Å². The van der Waals surface area contributed by atoms with Gasteiger partial charge < -0.3 is 10.6 Å². The molecule has 1 atom stereocenters. The lowest BCUT2D eigenvalue weighted by molar-refractivity contribution is -0.122. The lowest BCUT2D eigenvalue weighted by Gasteiger charge is -2.30. The standard InChI is InChI=1S/C16H25N3OS/c20-16(18-10-15-5-3-9-21-15)12-19(14-6-7-14)11-13-4-1-2-8-17-13/h3,5,9,13-14,17H,1-2,4,6-8,10-12H2,(H,18,20). The number of carbonyl (C=O) groups excluding carboxylic acids is 1. The molecule has 0 aromatic carbocycles. The maximum atomic E-state index is 12.2. The van der Waals surface area contributed by atoms with Gasteiger partial charge in [-0.15, -0.1) is 11.3 Å². The van der Waals surface area contributed by atoms with Crippen LogP contribution in [0.5, 0.6) is 0 Å². The summed E-state index contributed by atoms with van der Waals surface area (Å²) in [6, 6.07) is 5.30. The molecule has 1 aliphatic carbocycles. The van der Waals surface area contributed by atoms with Gasteiger partial charge in [-0.05, 0) is 43.7 Å². The molecule has 0 radical (unpaired) electrons. The summed E-state index contributed by atoms with van der Waals surface area (Å²) in [5.41, 5.74) is 0. The molecule has 1 aromatic rings. The number of carbonyl (C=O) groups is 1. The number of thiophene rings is 1. The molecule has 2 N–H and O–H groups in total. The second-order valence-corrected chi connectivity index (χ2v) is 7.20. The molecule has 0 spiro atoms. The molecule has 116 valence electrons. The average molecular weight is 307 g/mol. The molecule has 1 saturated carbocycles. The van der Waals surface area contributed by atoms with Crippen molar-refractivity contribution in [3.05, 3.63) is 22.4 Å². The van der Waals surface area contributed by atoms with Crippen molar-refractivity contribution in [2.24, 2.45) is 0 Å². The zero-order valence-corrected chi connectivity index (χ0v) is 13.3. The van der Waals surface area contributed by atoms with Crippen LogP contribution in [0.25, 0.3) is 0 Å². The molecular formula is C16H25N3OS. The van der Waals surface area contributed by atoms with E-state index in [0.717, 1.165) is 13.1 Å². The van der Waals surface area contributed by atoms with Gasteiger partial charge in [0, 0.05) is 23.5 Å². The first kappa shape index (κ1) is 15.0. The molecule has 1 amide bonds. The van der Waals surface area contributed by atoms with Crippen molar-refractivity contribution < 1.29 is 4.79 Å². The van der Waals surface area contributed by atoms with E-state index in [2.05, 4.69) is 21.6 Å². The monoisotopic (exact) mass is 307 g/mol. The topological polar surface area (TPSA) is 44.4 Å². The van der Waals surface area contributed by atoms with E-state index in [9.17, 15) is 4.79 Å². The van der Waals surface area contributed by atoms with Crippen LogP contribution in [0.4, 0.5) is 0 Å². The van der Waals surface area contributed by atoms with Crippen LogP contribution in [-0.4, -0.2) is 42.5 Å². The summed E-state index contributed by atoms with van der Waals surface area (Å²) in [4.78, 5) is 15.8. The SMILES string of the molecule is O=C(CN(CC1CCCCN1)C1CC1)NCc1cccs1. The highest BCUT2D eigenvalue weighted by Gasteiger charge is 2.32. The van der Waals surface area contributed by atoms with Crippen molar-refractivity contribution in [1.29, 1.82) is 0 Å². The summed E-state index contributed by atoms with van der Waals surface area (Å²) in [6.07, 6.45) is 6.37. The van der Waals surface area contributed by atoms with Crippen LogP contribution < -0.4 is 10.6 Å². The number of nitrogens with one attached hydrogen (secondary N) is 2. The number of piperidine rings is 1. The minimum Gasteiger partial charge on any atom is -0.350 e. The van der Waals surface area contributed by atoms with Crippen molar-refractivity contribution >= 4 is 17.2 Å². The van der Waals surface area contributed by atoms with Gasteiger partial charge in [-0.3, -0.25) is 9.69 Å². The van der Waals surface area contributed by atoms with Gasteiger partial charge in [-0.1, -0.05) is 12.5 Å². The largest absolute Gasteiger partial charge is 0.350 e. The van der Waals surface area contributed by atoms with Gasteiger partial charge in [0.1, 0.15) is 0 Å². The van der Waals surface area contributed by atoms with Crippen LogP contribution in [0, 0.1) is 0 Å². The Balaban J connectivity index is 1.44. The van der Waals surface area contributed by atoms with Crippen LogP contribution in [0.1, 0.15) is 37.0 Å². The van der Waals surface area contributed by atoms with Crippen molar-refractivity contribution in [1.82, 2.24) is 15.5 Å². The van der Waals surface area contributed by atoms with Crippen molar-refractivity contribution in [3.63, 3.8) is 0 Å². The third kappa shape index (κ3) is 4.80. The summed E-state index contributed by atoms with van der Waals surface area (Å²) >= 11 is 1.69. The number of rotatable bonds is 7. The molecule has 2 heterocycles. The average Bonchev–Trinajstić information content (AvgIpc) is 3.22. The van der Waals surface area contributed by atoms with E-state index in [1.54, 1.807) is 11.3 Å². The molecule has 1 saturated heterocycles. The molecule has 4 nitrogen and oxygen atoms in total. The van der Waals surface area contributed by atoms with Gasteiger partial charge in [-0.25, -0.2) is 0 Å².